The van der Waals surface area contributed by atoms with Gasteiger partial charge in [0.1, 0.15) is 0 Å². The van der Waals surface area contributed by atoms with Crippen LogP contribution in [0.15, 0.2) is 42.5 Å². The summed E-state index contributed by atoms with van der Waals surface area (Å²) in [6.07, 6.45) is 2.19. The second kappa shape index (κ2) is 7.63. The predicted molar refractivity (Wildman–Crippen MR) is 92.1 cm³/mol. The highest BCUT2D eigenvalue weighted by Crippen LogP contribution is 2.27. The maximum Gasteiger partial charge on any atom is 0.0579 e. The van der Waals surface area contributed by atoms with E-state index < -0.39 is 0 Å². The van der Waals surface area contributed by atoms with Gasteiger partial charge < -0.3 is 5.32 Å². The van der Waals surface area contributed by atoms with E-state index in [1.807, 2.05) is 6.07 Å². The van der Waals surface area contributed by atoms with Crippen LogP contribution >= 0.6 is 11.6 Å². The Morgan fingerprint density at radius 3 is 2.38 bits per heavy atom. The van der Waals surface area contributed by atoms with Crippen molar-refractivity contribution >= 4 is 11.6 Å². The van der Waals surface area contributed by atoms with E-state index in [0.717, 1.165) is 24.4 Å². The Balaban J connectivity index is 2.38. The highest BCUT2D eigenvalue weighted by Gasteiger charge is 2.15. The second-order valence-electron chi connectivity index (χ2n) is 5.48. The molecule has 2 heteroatoms. The molecule has 21 heavy (non-hydrogen) atoms. The van der Waals surface area contributed by atoms with Gasteiger partial charge in [-0.15, -0.1) is 0 Å². The summed E-state index contributed by atoms with van der Waals surface area (Å²) in [6, 6.07) is 15.2. The third-order valence-corrected chi connectivity index (χ3v) is 4.11. The molecule has 0 aliphatic rings. The minimum absolute atomic E-state index is 0.203. The van der Waals surface area contributed by atoms with Crippen molar-refractivity contribution in [1.29, 1.82) is 0 Å². The van der Waals surface area contributed by atoms with Gasteiger partial charge in [-0.2, -0.15) is 0 Å². The molecule has 2 aromatic rings. The van der Waals surface area contributed by atoms with Gasteiger partial charge >= 0.3 is 0 Å². The number of benzene rings is 2. The van der Waals surface area contributed by atoms with Crippen LogP contribution in [0.3, 0.4) is 0 Å². The van der Waals surface area contributed by atoms with Gasteiger partial charge in [0.15, 0.2) is 0 Å². The molecule has 0 amide bonds. The van der Waals surface area contributed by atoms with E-state index in [4.69, 9.17) is 11.6 Å². The van der Waals surface area contributed by atoms with Crippen LogP contribution in [-0.4, -0.2) is 6.54 Å². The molecular formula is C19H24ClN. The average molecular weight is 302 g/mol. The van der Waals surface area contributed by atoms with Crippen molar-refractivity contribution in [3.8, 4) is 0 Å². The van der Waals surface area contributed by atoms with Gasteiger partial charge in [0.05, 0.1) is 6.04 Å². The first kappa shape index (κ1) is 16.1. The summed E-state index contributed by atoms with van der Waals surface area (Å²) in [6.45, 7) is 7.51. The molecule has 1 atom stereocenters. The van der Waals surface area contributed by atoms with Crippen LogP contribution in [0, 0.1) is 6.92 Å². The van der Waals surface area contributed by atoms with Gasteiger partial charge in [-0.3, -0.25) is 0 Å². The van der Waals surface area contributed by atoms with Gasteiger partial charge in [-0.1, -0.05) is 55.8 Å². The molecule has 0 bridgehead atoms. The smallest absolute Gasteiger partial charge is 0.0579 e. The molecule has 0 fully saturated rings. The van der Waals surface area contributed by atoms with E-state index >= 15 is 0 Å². The molecule has 112 valence electrons. The third kappa shape index (κ3) is 4.09. The summed E-state index contributed by atoms with van der Waals surface area (Å²) in [5.74, 6) is 0. The van der Waals surface area contributed by atoms with Crippen molar-refractivity contribution in [3.05, 3.63) is 69.7 Å². The zero-order valence-electron chi connectivity index (χ0n) is 13.1. The molecule has 1 nitrogen and oxygen atoms in total. The quantitative estimate of drug-likeness (QED) is 0.763. The van der Waals surface area contributed by atoms with Crippen LogP contribution in [0.1, 0.15) is 48.6 Å². The van der Waals surface area contributed by atoms with Crippen molar-refractivity contribution in [3.63, 3.8) is 0 Å². The van der Waals surface area contributed by atoms with Crippen molar-refractivity contribution in [2.75, 3.05) is 6.54 Å². The van der Waals surface area contributed by atoms with Crippen molar-refractivity contribution in [2.24, 2.45) is 0 Å². The summed E-state index contributed by atoms with van der Waals surface area (Å²) in [4.78, 5) is 0. The molecule has 0 radical (unpaired) electrons. The monoisotopic (exact) mass is 301 g/mol. The predicted octanol–water partition coefficient (Wildman–Crippen LogP) is 5.30. The fraction of sp³-hybridized carbons (Fsp3) is 0.368. The molecule has 0 heterocycles. The maximum atomic E-state index is 6.20. The number of hydrogen-bond acceptors (Lipinski definition) is 1. The van der Waals surface area contributed by atoms with Crippen LogP contribution in [0.25, 0.3) is 0 Å². The molecule has 0 aliphatic heterocycles. The minimum atomic E-state index is 0.203. The minimum Gasteiger partial charge on any atom is -0.306 e. The van der Waals surface area contributed by atoms with Crippen LogP contribution < -0.4 is 5.32 Å². The highest BCUT2D eigenvalue weighted by molar-refractivity contribution is 6.30. The lowest BCUT2D eigenvalue weighted by Gasteiger charge is -2.22. The molecule has 2 aromatic carbocycles. The van der Waals surface area contributed by atoms with Crippen LogP contribution in [0.4, 0.5) is 0 Å². The Bertz CT molecular complexity index is 575. The van der Waals surface area contributed by atoms with Gasteiger partial charge in [-0.25, -0.2) is 0 Å². The number of hydrogen-bond donors (Lipinski definition) is 1. The summed E-state index contributed by atoms with van der Waals surface area (Å²) in [7, 11) is 0. The first-order valence-electron chi connectivity index (χ1n) is 7.74. The fourth-order valence-electron chi connectivity index (χ4n) is 2.56. The summed E-state index contributed by atoms with van der Waals surface area (Å²) < 4.78 is 0. The van der Waals surface area contributed by atoms with E-state index in [-0.39, 0.29) is 6.04 Å². The van der Waals surface area contributed by atoms with Crippen molar-refractivity contribution in [2.45, 2.75) is 39.7 Å². The topological polar surface area (TPSA) is 12.0 Å². The lowest BCUT2D eigenvalue weighted by Crippen LogP contribution is -2.24. The van der Waals surface area contributed by atoms with E-state index in [1.165, 1.54) is 22.3 Å². The van der Waals surface area contributed by atoms with Crippen molar-refractivity contribution < 1.29 is 0 Å². The standard InChI is InChI=1S/C19H24ClN/c1-4-12-21-19(16-9-7-15(5-2)8-10-16)18-13-17(20)11-6-14(18)3/h6-11,13,19,21H,4-5,12H2,1-3H3. The highest BCUT2D eigenvalue weighted by atomic mass is 35.5. The molecule has 0 saturated carbocycles. The van der Waals surface area contributed by atoms with E-state index in [2.05, 4.69) is 62.5 Å². The van der Waals surface area contributed by atoms with Gasteiger partial charge in [0, 0.05) is 5.02 Å². The molecule has 1 unspecified atom stereocenters. The lowest BCUT2D eigenvalue weighted by molar-refractivity contribution is 0.596. The van der Waals surface area contributed by atoms with E-state index in [9.17, 15) is 0 Å². The Kier molecular flexibility index (Phi) is 5.84. The Labute approximate surface area is 133 Å². The van der Waals surface area contributed by atoms with Crippen molar-refractivity contribution in [1.82, 2.24) is 5.32 Å². The largest absolute Gasteiger partial charge is 0.306 e. The second-order valence-corrected chi connectivity index (χ2v) is 5.92. The summed E-state index contributed by atoms with van der Waals surface area (Å²) in [5, 5.41) is 4.44. The SMILES string of the molecule is CCCNC(c1ccc(CC)cc1)c1cc(Cl)ccc1C. The normalized spacial score (nSPS) is 12.4. The Morgan fingerprint density at radius 2 is 1.76 bits per heavy atom. The lowest BCUT2D eigenvalue weighted by atomic mass is 9.94. The molecule has 0 spiro atoms. The first-order chi connectivity index (χ1) is 10.2. The van der Waals surface area contributed by atoms with E-state index in [1.54, 1.807) is 0 Å². The third-order valence-electron chi connectivity index (χ3n) is 3.87. The Morgan fingerprint density at radius 1 is 1.05 bits per heavy atom. The van der Waals surface area contributed by atoms with Gasteiger partial charge in [-0.05, 0) is 60.7 Å². The maximum absolute atomic E-state index is 6.20. The van der Waals surface area contributed by atoms with Gasteiger partial charge in [0.2, 0.25) is 0 Å². The number of halogens is 1. The summed E-state index contributed by atoms with van der Waals surface area (Å²) >= 11 is 6.20. The number of nitrogens with one attached hydrogen (secondary N) is 1. The molecule has 1 N–H and O–H groups in total. The van der Waals surface area contributed by atoms with Crippen LogP contribution in [0.5, 0.6) is 0 Å². The number of aryl methyl sites for hydroxylation is 2. The molecule has 0 aliphatic carbocycles. The van der Waals surface area contributed by atoms with Gasteiger partial charge in [0.25, 0.3) is 0 Å². The van der Waals surface area contributed by atoms with Crippen LogP contribution in [0.2, 0.25) is 5.02 Å². The number of rotatable bonds is 6. The molecular weight excluding hydrogens is 278 g/mol. The van der Waals surface area contributed by atoms with E-state index in [0.29, 0.717) is 0 Å². The zero-order valence-corrected chi connectivity index (χ0v) is 13.9. The van der Waals surface area contributed by atoms with Crippen LogP contribution in [-0.2, 0) is 6.42 Å². The summed E-state index contributed by atoms with van der Waals surface area (Å²) in [5.41, 5.74) is 5.20. The average Bonchev–Trinajstić information content (AvgIpc) is 2.51. The molecule has 2 rings (SSSR count). The Hall–Kier alpha value is -1.31. The zero-order chi connectivity index (χ0) is 15.2. The molecule has 0 saturated heterocycles. The fourth-order valence-corrected chi connectivity index (χ4v) is 2.74. The first-order valence-corrected chi connectivity index (χ1v) is 8.11. The molecule has 0 aromatic heterocycles.